The van der Waals surface area contributed by atoms with Crippen LogP contribution in [0.25, 0.3) is 5.82 Å². The molecule has 2 aromatic heterocycles. The van der Waals surface area contributed by atoms with Gasteiger partial charge in [0.1, 0.15) is 23.0 Å². The lowest BCUT2D eigenvalue weighted by atomic mass is 10.2. The van der Waals surface area contributed by atoms with Crippen LogP contribution in [0, 0.1) is 5.82 Å². The second-order valence-electron chi connectivity index (χ2n) is 6.73. The van der Waals surface area contributed by atoms with E-state index >= 15 is 0 Å². The van der Waals surface area contributed by atoms with Crippen LogP contribution in [0.4, 0.5) is 4.39 Å². The van der Waals surface area contributed by atoms with E-state index in [0.29, 0.717) is 39.6 Å². The van der Waals surface area contributed by atoms with Gasteiger partial charge in [0, 0.05) is 18.9 Å². The normalized spacial score (nSPS) is 10.8. The third kappa shape index (κ3) is 5.05. The summed E-state index contributed by atoms with van der Waals surface area (Å²) in [6.07, 6.45) is 3.16. The summed E-state index contributed by atoms with van der Waals surface area (Å²) in [6.45, 7) is 0.295. The first-order valence-electron chi connectivity index (χ1n) is 9.39. The van der Waals surface area contributed by atoms with E-state index in [0.717, 1.165) is 5.56 Å². The van der Waals surface area contributed by atoms with Crippen LogP contribution in [0.2, 0.25) is 15.1 Å². The van der Waals surface area contributed by atoms with Crippen LogP contribution >= 0.6 is 34.8 Å². The van der Waals surface area contributed by atoms with E-state index in [1.165, 1.54) is 24.4 Å². The Morgan fingerprint density at radius 1 is 1.03 bits per heavy atom. The molecular weight excluding hydrogens is 476 g/mol. The lowest BCUT2D eigenvalue weighted by molar-refractivity contribution is 0.0944. The minimum atomic E-state index is -0.436. The van der Waals surface area contributed by atoms with Crippen molar-refractivity contribution in [1.29, 1.82) is 0 Å². The first-order valence-corrected chi connectivity index (χ1v) is 10.5. The number of rotatable bonds is 6. The average Bonchev–Trinajstić information content (AvgIpc) is 3.24. The van der Waals surface area contributed by atoms with Crippen molar-refractivity contribution in [3.8, 4) is 17.3 Å². The topological polar surface area (TPSA) is 56.1 Å². The van der Waals surface area contributed by atoms with Gasteiger partial charge in [0.15, 0.2) is 5.82 Å². The number of benzene rings is 2. The summed E-state index contributed by atoms with van der Waals surface area (Å²) in [5.74, 6) is 0.567. The van der Waals surface area contributed by atoms with Crippen molar-refractivity contribution >= 4 is 40.7 Å². The molecule has 5 nitrogen and oxygen atoms in total. The predicted molar refractivity (Wildman–Crippen MR) is 123 cm³/mol. The van der Waals surface area contributed by atoms with E-state index in [4.69, 9.17) is 39.5 Å². The standard InChI is InChI=1S/C23H15Cl3FN3O2/c24-15-10-19(26)22(28-13-15)30-9-1-2-20(30)23(31)29-12-14-3-6-17(7-4-14)32-21-8-5-16(27)11-18(21)25/h1-11,13H,12H2,(H,29,31). The summed E-state index contributed by atoms with van der Waals surface area (Å²) in [5.41, 5.74) is 1.24. The molecule has 0 atom stereocenters. The van der Waals surface area contributed by atoms with Crippen molar-refractivity contribution in [2.75, 3.05) is 0 Å². The highest BCUT2D eigenvalue weighted by Crippen LogP contribution is 2.30. The number of ether oxygens (including phenoxy) is 1. The predicted octanol–water partition coefficient (Wildman–Crippen LogP) is 6.69. The highest BCUT2D eigenvalue weighted by Gasteiger charge is 2.15. The molecule has 1 amide bonds. The Morgan fingerprint density at radius 2 is 1.81 bits per heavy atom. The van der Waals surface area contributed by atoms with Crippen molar-refractivity contribution in [3.63, 3.8) is 0 Å². The zero-order chi connectivity index (χ0) is 22.7. The smallest absolute Gasteiger partial charge is 0.268 e. The van der Waals surface area contributed by atoms with Crippen LogP contribution in [-0.2, 0) is 6.54 Å². The van der Waals surface area contributed by atoms with E-state index in [9.17, 15) is 9.18 Å². The molecule has 0 aliphatic carbocycles. The molecular formula is C23H15Cl3FN3O2. The van der Waals surface area contributed by atoms with Gasteiger partial charge in [-0.3, -0.25) is 9.36 Å². The minimum absolute atomic E-state index is 0.180. The first-order chi connectivity index (χ1) is 15.4. The van der Waals surface area contributed by atoms with Crippen molar-refractivity contribution in [1.82, 2.24) is 14.9 Å². The Balaban J connectivity index is 1.41. The number of halogens is 4. The van der Waals surface area contributed by atoms with E-state index in [1.807, 2.05) is 12.1 Å². The molecule has 4 rings (SSSR count). The number of carbonyl (C=O) groups excluding carboxylic acids is 1. The second-order valence-corrected chi connectivity index (χ2v) is 7.98. The molecule has 162 valence electrons. The maximum atomic E-state index is 13.2. The molecule has 0 unspecified atom stereocenters. The number of carbonyl (C=O) groups is 1. The molecule has 0 saturated heterocycles. The Kier molecular flexibility index (Phi) is 6.65. The Bertz CT molecular complexity index is 1280. The van der Waals surface area contributed by atoms with Crippen LogP contribution in [0.15, 0.2) is 73.1 Å². The number of hydrogen-bond donors (Lipinski definition) is 1. The zero-order valence-corrected chi connectivity index (χ0v) is 18.6. The summed E-state index contributed by atoms with van der Waals surface area (Å²) >= 11 is 18.1. The van der Waals surface area contributed by atoms with E-state index < -0.39 is 5.82 Å². The number of aromatic nitrogens is 2. The van der Waals surface area contributed by atoms with E-state index in [-0.39, 0.29) is 10.9 Å². The maximum absolute atomic E-state index is 13.2. The molecule has 0 saturated carbocycles. The molecule has 4 aromatic rings. The van der Waals surface area contributed by atoms with Gasteiger partial charge in [0.2, 0.25) is 0 Å². The molecule has 2 heterocycles. The zero-order valence-electron chi connectivity index (χ0n) is 16.4. The number of hydrogen-bond acceptors (Lipinski definition) is 3. The second kappa shape index (κ2) is 9.61. The van der Waals surface area contributed by atoms with Gasteiger partial charge in [-0.05, 0) is 54.1 Å². The molecule has 0 spiro atoms. The number of amides is 1. The van der Waals surface area contributed by atoms with E-state index in [1.54, 1.807) is 41.1 Å². The summed E-state index contributed by atoms with van der Waals surface area (Å²) in [4.78, 5) is 16.9. The fourth-order valence-electron chi connectivity index (χ4n) is 2.97. The average molecular weight is 491 g/mol. The lowest BCUT2D eigenvalue weighted by Gasteiger charge is -2.11. The minimum Gasteiger partial charge on any atom is -0.456 e. The highest BCUT2D eigenvalue weighted by atomic mass is 35.5. The van der Waals surface area contributed by atoms with Crippen LogP contribution in [-0.4, -0.2) is 15.5 Å². The van der Waals surface area contributed by atoms with Crippen molar-refractivity contribution in [2.24, 2.45) is 0 Å². The lowest BCUT2D eigenvalue weighted by Crippen LogP contribution is -2.25. The third-order valence-electron chi connectivity index (χ3n) is 4.50. The van der Waals surface area contributed by atoms with Crippen molar-refractivity contribution < 1.29 is 13.9 Å². The fourth-order valence-corrected chi connectivity index (χ4v) is 3.65. The van der Waals surface area contributed by atoms with E-state index in [2.05, 4.69) is 10.3 Å². The third-order valence-corrected chi connectivity index (χ3v) is 5.28. The largest absolute Gasteiger partial charge is 0.456 e. The molecule has 1 N–H and O–H groups in total. The summed E-state index contributed by atoms with van der Waals surface area (Å²) < 4.78 is 20.4. The Labute approximate surface area is 198 Å². The first kappa shape index (κ1) is 22.1. The van der Waals surface area contributed by atoms with Crippen LogP contribution < -0.4 is 10.1 Å². The van der Waals surface area contributed by atoms with Crippen LogP contribution in [0.1, 0.15) is 16.1 Å². The molecule has 0 aliphatic rings. The molecule has 32 heavy (non-hydrogen) atoms. The molecule has 0 radical (unpaired) electrons. The van der Waals surface area contributed by atoms with Gasteiger partial charge < -0.3 is 10.1 Å². The quantitative estimate of drug-likeness (QED) is 0.327. The van der Waals surface area contributed by atoms with Crippen molar-refractivity contribution in [3.05, 3.63) is 105 Å². The molecule has 0 bridgehead atoms. The Morgan fingerprint density at radius 3 is 2.53 bits per heavy atom. The van der Waals surface area contributed by atoms with Gasteiger partial charge in [0.05, 0.1) is 15.1 Å². The Hall–Kier alpha value is -3.06. The monoisotopic (exact) mass is 489 g/mol. The molecule has 0 aliphatic heterocycles. The van der Waals surface area contributed by atoms with Crippen LogP contribution in [0.5, 0.6) is 11.5 Å². The molecule has 0 fully saturated rings. The number of pyridine rings is 1. The van der Waals surface area contributed by atoms with Gasteiger partial charge in [-0.1, -0.05) is 46.9 Å². The molecule has 2 aromatic carbocycles. The maximum Gasteiger partial charge on any atom is 0.268 e. The fraction of sp³-hybridized carbons (Fsp3) is 0.0435. The van der Waals surface area contributed by atoms with Gasteiger partial charge >= 0.3 is 0 Å². The van der Waals surface area contributed by atoms with Gasteiger partial charge in [-0.15, -0.1) is 0 Å². The van der Waals surface area contributed by atoms with Crippen molar-refractivity contribution in [2.45, 2.75) is 6.54 Å². The number of nitrogens with zero attached hydrogens (tertiary/aromatic N) is 2. The SMILES string of the molecule is O=C(NCc1ccc(Oc2ccc(F)cc2Cl)cc1)c1cccn1-c1ncc(Cl)cc1Cl. The number of nitrogens with one attached hydrogen (secondary N) is 1. The van der Waals surface area contributed by atoms with Gasteiger partial charge in [-0.2, -0.15) is 0 Å². The van der Waals surface area contributed by atoms with Gasteiger partial charge in [0.25, 0.3) is 5.91 Å². The summed E-state index contributed by atoms with van der Waals surface area (Å²) in [5, 5.41) is 3.79. The summed E-state index contributed by atoms with van der Waals surface area (Å²) in [6, 6.07) is 16.0. The van der Waals surface area contributed by atoms with Gasteiger partial charge in [-0.25, -0.2) is 9.37 Å². The highest BCUT2D eigenvalue weighted by molar-refractivity contribution is 6.35. The van der Waals surface area contributed by atoms with Crippen LogP contribution in [0.3, 0.4) is 0 Å². The summed E-state index contributed by atoms with van der Waals surface area (Å²) in [7, 11) is 0. The molecule has 9 heteroatoms.